The molecule has 9 heteroatoms. The molecule has 180 valence electrons. The van der Waals surface area contributed by atoms with Crippen LogP contribution in [0, 0.1) is 0 Å². The zero-order valence-corrected chi connectivity index (χ0v) is 21.7. The molecule has 0 radical (unpaired) electrons. The predicted molar refractivity (Wildman–Crippen MR) is 139 cm³/mol. The summed E-state index contributed by atoms with van der Waals surface area (Å²) in [6, 6.07) is 18.2. The van der Waals surface area contributed by atoms with E-state index < -0.39 is 22.5 Å². The lowest BCUT2D eigenvalue weighted by Crippen LogP contribution is -2.37. The van der Waals surface area contributed by atoms with Gasteiger partial charge in [-0.3, -0.25) is 4.79 Å². The van der Waals surface area contributed by atoms with Crippen molar-refractivity contribution >= 4 is 56.4 Å². The number of anilines is 1. The topological polar surface area (TPSA) is 66.5 Å². The number of carbonyl (C=O) groups is 1. The Morgan fingerprint density at radius 2 is 1.53 bits per heavy atom. The normalized spacial score (nSPS) is 11.6. The number of rotatable bonds is 10. The summed E-state index contributed by atoms with van der Waals surface area (Å²) in [6.45, 7) is 1.53. The molecule has 1 amide bonds. The SMILES string of the molecule is CCCCc1ccc(NC(=O)CN(Cc2c(Cl)cccc2Cl)S(=O)(=O)c2ccc(Cl)cc2)cc1. The molecule has 0 bridgehead atoms. The molecule has 0 aliphatic heterocycles. The van der Waals surface area contributed by atoms with Gasteiger partial charge in [-0.2, -0.15) is 4.31 Å². The second kappa shape index (κ2) is 12.0. The molecule has 5 nitrogen and oxygen atoms in total. The second-order valence-corrected chi connectivity index (χ2v) is 11.0. The monoisotopic (exact) mass is 538 g/mol. The van der Waals surface area contributed by atoms with Gasteiger partial charge in [-0.1, -0.05) is 66.3 Å². The first kappa shape index (κ1) is 26.5. The number of carbonyl (C=O) groups excluding carboxylic acids is 1. The zero-order valence-electron chi connectivity index (χ0n) is 18.6. The van der Waals surface area contributed by atoms with E-state index in [2.05, 4.69) is 12.2 Å². The van der Waals surface area contributed by atoms with Crippen LogP contribution in [0.3, 0.4) is 0 Å². The van der Waals surface area contributed by atoms with Crippen molar-refractivity contribution in [3.63, 3.8) is 0 Å². The van der Waals surface area contributed by atoms with E-state index in [0.717, 1.165) is 23.6 Å². The standard InChI is InChI=1S/C25H25Cl3N2O3S/c1-2-3-5-18-8-12-20(13-9-18)29-25(31)17-30(16-22-23(27)6-4-7-24(22)28)34(32,33)21-14-10-19(26)11-15-21/h4,6-15H,2-3,5,16-17H2,1H3,(H,29,31). The van der Waals surface area contributed by atoms with Crippen molar-refractivity contribution in [1.29, 1.82) is 0 Å². The van der Waals surface area contributed by atoms with Crippen LogP contribution in [0.15, 0.2) is 71.6 Å². The Bertz CT molecular complexity index is 1210. The van der Waals surface area contributed by atoms with Gasteiger partial charge < -0.3 is 5.32 Å². The highest BCUT2D eigenvalue weighted by molar-refractivity contribution is 7.89. The molecule has 0 fully saturated rings. The molecule has 0 aliphatic rings. The summed E-state index contributed by atoms with van der Waals surface area (Å²) in [5.41, 5.74) is 2.18. The smallest absolute Gasteiger partial charge is 0.243 e. The summed E-state index contributed by atoms with van der Waals surface area (Å²) in [4.78, 5) is 12.9. The minimum absolute atomic E-state index is 0.00755. The first-order valence-corrected chi connectivity index (χ1v) is 13.4. The van der Waals surface area contributed by atoms with E-state index in [1.807, 2.05) is 24.3 Å². The van der Waals surface area contributed by atoms with Gasteiger partial charge >= 0.3 is 0 Å². The Hall–Kier alpha value is -2.09. The minimum atomic E-state index is -4.06. The van der Waals surface area contributed by atoms with E-state index in [4.69, 9.17) is 34.8 Å². The molecular weight excluding hydrogens is 515 g/mol. The maximum Gasteiger partial charge on any atom is 0.243 e. The molecule has 0 spiro atoms. The Labute approximate surface area is 215 Å². The molecule has 0 aliphatic carbocycles. The van der Waals surface area contributed by atoms with Gasteiger partial charge in [-0.05, 0) is 66.9 Å². The molecular formula is C25H25Cl3N2O3S. The van der Waals surface area contributed by atoms with E-state index in [1.54, 1.807) is 18.2 Å². The van der Waals surface area contributed by atoms with Crippen molar-refractivity contribution in [2.75, 3.05) is 11.9 Å². The lowest BCUT2D eigenvalue weighted by Gasteiger charge is -2.23. The van der Waals surface area contributed by atoms with Crippen LogP contribution in [0.25, 0.3) is 0 Å². The Balaban J connectivity index is 1.84. The molecule has 0 heterocycles. The number of benzene rings is 3. The predicted octanol–water partition coefficient (Wildman–Crippen LogP) is 6.82. The summed E-state index contributed by atoms with van der Waals surface area (Å²) in [7, 11) is -4.06. The van der Waals surface area contributed by atoms with Crippen molar-refractivity contribution in [1.82, 2.24) is 4.31 Å². The largest absolute Gasteiger partial charge is 0.325 e. The van der Waals surface area contributed by atoms with Crippen LogP contribution >= 0.6 is 34.8 Å². The first-order valence-electron chi connectivity index (χ1n) is 10.8. The van der Waals surface area contributed by atoms with Gasteiger partial charge in [0.2, 0.25) is 15.9 Å². The summed E-state index contributed by atoms with van der Waals surface area (Å²) >= 11 is 18.5. The number of hydrogen-bond donors (Lipinski definition) is 1. The summed E-state index contributed by atoms with van der Waals surface area (Å²) in [6.07, 6.45) is 3.16. The third-order valence-corrected chi connectivity index (χ3v) is 7.99. The van der Waals surface area contributed by atoms with Crippen LogP contribution in [-0.4, -0.2) is 25.2 Å². The van der Waals surface area contributed by atoms with Gasteiger partial charge in [0.1, 0.15) is 0 Å². The average molecular weight is 540 g/mol. The first-order chi connectivity index (χ1) is 16.2. The number of halogens is 3. The fourth-order valence-electron chi connectivity index (χ4n) is 3.34. The number of nitrogens with one attached hydrogen (secondary N) is 1. The van der Waals surface area contributed by atoms with E-state index in [-0.39, 0.29) is 11.4 Å². The molecule has 0 saturated heterocycles. The van der Waals surface area contributed by atoms with Crippen LogP contribution in [-0.2, 0) is 27.8 Å². The lowest BCUT2D eigenvalue weighted by molar-refractivity contribution is -0.116. The number of nitrogens with zero attached hydrogens (tertiary/aromatic N) is 1. The highest BCUT2D eigenvalue weighted by Gasteiger charge is 2.28. The molecule has 0 unspecified atom stereocenters. The molecule has 3 aromatic carbocycles. The van der Waals surface area contributed by atoms with Gasteiger partial charge in [0, 0.05) is 32.9 Å². The minimum Gasteiger partial charge on any atom is -0.325 e. The zero-order chi connectivity index (χ0) is 24.7. The molecule has 3 rings (SSSR count). The van der Waals surface area contributed by atoms with Gasteiger partial charge in [-0.15, -0.1) is 0 Å². The van der Waals surface area contributed by atoms with Crippen LogP contribution in [0.2, 0.25) is 15.1 Å². The molecule has 1 N–H and O–H groups in total. The Kier molecular flexibility index (Phi) is 9.39. The van der Waals surface area contributed by atoms with E-state index >= 15 is 0 Å². The third kappa shape index (κ3) is 6.96. The van der Waals surface area contributed by atoms with Crippen LogP contribution in [0.5, 0.6) is 0 Å². The maximum absolute atomic E-state index is 13.4. The number of unbranched alkanes of at least 4 members (excludes halogenated alkanes) is 1. The average Bonchev–Trinajstić information content (AvgIpc) is 2.80. The van der Waals surface area contributed by atoms with E-state index in [1.165, 1.54) is 29.8 Å². The third-order valence-electron chi connectivity index (χ3n) is 5.22. The second-order valence-electron chi connectivity index (χ2n) is 7.78. The maximum atomic E-state index is 13.4. The van der Waals surface area contributed by atoms with Crippen molar-refractivity contribution in [2.45, 2.75) is 37.6 Å². The summed E-state index contributed by atoms with van der Waals surface area (Å²) in [5, 5.41) is 3.80. The highest BCUT2D eigenvalue weighted by atomic mass is 35.5. The van der Waals surface area contributed by atoms with Gasteiger partial charge in [0.15, 0.2) is 0 Å². The molecule has 34 heavy (non-hydrogen) atoms. The quantitative estimate of drug-likeness (QED) is 0.307. The van der Waals surface area contributed by atoms with Crippen molar-refractivity contribution in [2.24, 2.45) is 0 Å². The number of amides is 1. The molecule has 0 aromatic heterocycles. The summed E-state index contributed by atoms with van der Waals surface area (Å²) in [5.74, 6) is -0.484. The molecule has 0 atom stereocenters. The fraction of sp³-hybridized carbons (Fsp3) is 0.240. The molecule has 3 aromatic rings. The van der Waals surface area contributed by atoms with Crippen LogP contribution < -0.4 is 5.32 Å². The fourth-order valence-corrected chi connectivity index (χ4v) is 5.34. The van der Waals surface area contributed by atoms with Crippen LogP contribution in [0.4, 0.5) is 5.69 Å². The van der Waals surface area contributed by atoms with Crippen molar-refractivity contribution < 1.29 is 13.2 Å². The van der Waals surface area contributed by atoms with Crippen LogP contribution in [0.1, 0.15) is 30.9 Å². The Morgan fingerprint density at radius 1 is 0.912 bits per heavy atom. The van der Waals surface area contributed by atoms with Crippen molar-refractivity contribution in [3.8, 4) is 0 Å². The van der Waals surface area contributed by atoms with E-state index in [9.17, 15) is 13.2 Å². The highest BCUT2D eigenvalue weighted by Crippen LogP contribution is 2.28. The summed E-state index contributed by atoms with van der Waals surface area (Å²) < 4.78 is 27.9. The van der Waals surface area contributed by atoms with Gasteiger partial charge in [0.25, 0.3) is 0 Å². The Morgan fingerprint density at radius 3 is 2.12 bits per heavy atom. The number of aryl methyl sites for hydroxylation is 1. The van der Waals surface area contributed by atoms with Gasteiger partial charge in [0.05, 0.1) is 11.4 Å². The van der Waals surface area contributed by atoms with Gasteiger partial charge in [-0.25, -0.2) is 8.42 Å². The lowest BCUT2D eigenvalue weighted by atomic mass is 10.1. The van der Waals surface area contributed by atoms with Crippen molar-refractivity contribution in [3.05, 3.63) is 92.9 Å². The molecule has 0 saturated carbocycles. The van der Waals surface area contributed by atoms with E-state index in [0.29, 0.717) is 26.3 Å². The number of hydrogen-bond acceptors (Lipinski definition) is 3. The number of sulfonamides is 1.